The Balaban J connectivity index is 2.30. The lowest BCUT2D eigenvalue weighted by atomic mass is 10.1. The molecule has 2 heterocycles. The zero-order chi connectivity index (χ0) is 14.9. The minimum absolute atomic E-state index is 0.0994. The third kappa shape index (κ3) is 2.53. The Morgan fingerprint density at radius 2 is 2.05 bits per heavy atom. The number of hydrogen-bond donors (Lipinski definition) is 0. The highest BCUT2D eigenvalue weighted by atomic mass is 32.1. The molecule has 0 spiro atoms. The highest BCUT2D eigenvalue weighted by molar-refractivity contribution is 7.14. The second kappa shape index (κ2) is 5.62. The Morgan fingerprint density at radius 1 is 1.35 bits per heavy atom. The number of amides is 1. The van der Waals surface area contributed by atoms with Crippen molar-refractivity contribution in [3.05, 3.63) is 15.8 Å². The van der Waals surface area contributed by atoms with Crippen molar-refractivity contribution in [1.29, 1.82) is 0 Å². The molecular weight excluding hydrogens is 282 g/mol. The van der Waals surface area contributed by atoms with Crippen LogP contribution in [0.1, 0.15) is 21.0 Å². The number of anilines is 1. The summed E-state index contributed by atoms with van der Waals surface area (Å²) in [6, 6.07) is 1.76. The molecule has 20 heavy (non-hydrogen) atoms. The first-order valence-electron chi connectivity index (χ1n) is 6.04. The van der Waals surface area contributed by atoms with Crippen LogP contribution in [-0.2, 0) is 19.1 Å². The van der Waals surface area contributed by atoms with Gasteiger partial charge in [-0.3, -0.25) is 9.59 Å². The molecule has 0 bridgehead atoms. The second-order valence-corrected chi connectivity index (χ2v) is 5.75. The molecule has 108 valence electrons. The fourth-order valence-corrected chi connectivity index (χ4v) is 3.14. The lowest BCUT2D eigenvalue weighted by Crippen LogP contribution is -2.27. The molecule has 0 aliphatic carbocycles. The van der Waals surface area contributed by atoms with Crippen molar-refractivity contribution in [2.45, 2.75) is 13.3 Å². The number of carbonyl (C=O) groups is 3. The van der Waals surface area contributed by atoms with E-state index in [4.69, 9.17) is 4.74 Å². The number of nitrogens with zero attached hydrogens (tertiary/aromatic N) is 1. The SMILES string of the molecule is COC(=O)c1sc(C)cc1N1CC(C(=O)OC)CC1=O. The number of carbonyl (C=O) groups excluding carboxylic acids is 3. The minimum Gasteiger partial charge on any atom is -0.469 e. The van der Waals surface area contributed by atoms with Gasteiger partial charge in [0, 0.05) is 17.8 Å². The molecule has 2 rings (SSSR count). The van der Waals surface area contributed by atoms with Crippen LogP contribution in [0.2, 0.25) is 0 Å². The summed E-state index contributed by atoms with van der Waals surface area (Å²) in [5.74, 6) is -1.57. The molecule has 1 aromatic heterocycles. The summed E-state index contributed by atoms with van der Waals surface area (Å²) in [6.07, 6.45) is 0.0994. The number of thiophene rings is 1. The molecule has 0 radical (unpaired) electrons. The predicted octanol–water partition coefficient (Wildman–Crippen LogP) is 1.37. The van der Waals surface area contributed by atoms with Crippen molar-refractivity contribution >= 4 is 34.9 Å². The van der Waals surface area contributed by atoms with Crippen LogP contribution >= 0.6 is 11.3 Å². The van der Waals surface area contributed by atoms with Crippen molar-refractivity contribution < 1.29 is 23.9 Å². The van der Waals surface area contributed by atoms with Gasteiger partial charge < -0.3 is 14.4 Å². The van der Waals surface area contributed by atoms with Crippen LogP contribution in [0.25, 0.3) is 0 Å². The molecule has 1 atom stereocenters. The molecule has 6 nitrogen and oxygen atoms in total. The number of aryl methyl sites for hydroxylation is 1. The van der Waals surface area contributed by atoms with E-state index in [1.54, 1.807) is 6.07 Å². The maximum Gasteiger partial charge on any atom is 0.350 e. The van der Waals surface area contributed by atoms with Gasteiger partial charge in [0.2, 0.25) is 5.91 Å². The highest BCUT2D eigenvalue weighted by Gasteiger charge is 2.38. The number of rotatable bonds is 3. The molecule has 1 saturated heterocycles. The van der Waals surface area contributed by atoms with E-state index in [-0.39, 0.29) is 18.9 Å². The van der Waals surface area contributed by atoms with E-state index < -0.39 is 17.9 Å². The van der Waals surface area contributed by atoms with E-state index in [0.717, 1.165) is 4.88 Å². The van der Waals surface area contributed by atoms with Gasteiger partial charge in [0.1, 0.15) is 4.88 Å². The molecule has 1 fully saturated rings. The van der Waals surface area contributed by atoms with E-state index >= 15 is 0 Å². The molecule has 1 amide bonds. The summed E-state index contributed by atoms with van der Waals surface area (Å²) in [5.41, 5.74) is 0.510. The van der Waals surface area contributed by atoms with Gasteiger partial charge in [0.05, 0.1) is 25.8 Å². The van der Waals surface area contributed by atoms with E-state index in [0.29, 0.717) is 10.6 Å². The highest BCUT2D eigenvalue weighted by Crippen LogP contribution is 2.34. The van der Waals surface area contributed by atoms with Gasteiger partial charge in [0.25, 0.3) is 0 Å². The molecule has 7 heteroatoms. The summed E-state index contributed by atoms with van der Waals surface area (Å²) in [4.78, 5) is 38.0. The second-order valence-electron chi connectivity index (χ2n) is 4.49. The lowest BCUT2D eigenvalue weighted by Gasteiger charge is -2.16. The standard InChI is InChI=1S/C13H15NO5S/c1-7-4-9(11(20-7)13(17)19-3)14-6-8(5-10(14)15)12(16)18-2/h4,8H,5-6H2,1-3H3. The molecule has 1 aliphatic rings. The Morgan fingerprint density at radius 3 is 2.65 bits per heavy atom. The molecule has 1 aliphatic heterocycles. The Labute approximate surface area is 120 Å². The van der Waals surface area contributed by atoms with Crippen LogP contribution < -0.4 is 4.90 Å². The van der Waals surface area contributed by atoms with Crippen LogP contribution in [0, 0.1) is 12.8 Å². The first kappa shape index (κ1) is 14.5. The molecule has 1 unspecified atom stereocenters. The van der Waals surface area contributed by atoms with Crippen LogP contribution in [0.3, 0.4) is 0 Å². The van der Waals surface area contributed by atoms with E-state index in [2.05, 4.69) is 4.74 Å². The van der Waals surface area contributed by atoms with Gasteiger partial charge >= 0.3 is 11.9 Å². The van der Waals surface area contributed by atoms with Crippen LogP contribution in [0.5, 0.6) is 0 Å². The minimum atomic E-state index is -0.488. The Hall–Kier alpha value is -1.89. The van der Waals surface area contributed by atoms with E-state index in [1.807, 2.05) is 6.92 Å². The van der Waals surface area contributed by atoms with Gasteiger partial charge in [-0.15, -0.1) is 11.3 Å². The quantitative estimate of drug-likeness (QED) is 0.788. The first-order valence-corrected chi connectivity index (χ1v) is 6.86. The zero-order valence-electron chi connectivity index (χ0n) is 11.5. The van der Waals surface area contributed by atoms with Gasteiger partial charge in [-0.05, 0) is 13.0 Å². The van der Waals surface area contributed by atoms with E-state index in [9.17, 15) is 14.4 Å². The Kier molecular flexibility index (Phi) is 4.08. The molecule has 0 N–H and O–H groups in total. The molecule has 0 saturated carbocycles. The number of esters is 2. The average molecular weight is 297 g/mol. The Bertz CT molecular complexity index is 565. The van der Waals surface area contributed by atoms with Crippen molar-refractivity contribution in [3.8, 4) is 0 Å². The normalized spacial score (nSPS) is 18.2. The van der Waals surface area contributed by atoms with Gasteiger partial charge in [-0.2, -0.15) is 0 Å². The van der Waals surface area contributed by atoms with Gasteiger partial charge in [-0.1, -0.05) is 0 Å². The van der Waals surface area contributed by atoms with Crippen molar-refractivity contribution in [2.75, 3.05) is 25.7 Å². The van der Waals surface area contributed by atoms with Gasteiger partial charge in [-0.25, -0.2) is 4.79 Å². The van der Waals surface area contributed by atoms with Gasteiger partial charge in [0.15, 0.2) is 0 Å². The van der Waals surface area contributed by atoms with Crippen LogP contribution in [0.15, 0.2) is 6.07 Å². The fraction of sp³-hybridized carbons (Fsp3) is 0.462. The van der Waals surface area contributed by atoms with E-state index in [1.165, 1.54) is 30.5 Å². The third-order valence-corrected chi connectivity index (χ3v) is 4.18. The predicted molar refractivity (Wildman–Crippen MR) is 72.9 cm³/mol. The first-order chi connectivity index (χ1) is 9.47. The smallest absolute Gasteiger partial charge is 0.350 e. The molecule has 1 aromatic rings. The van der Waals surface area contributed by atoms with Crippen molar-refractivity contribution in [2.24, 2.45) is 5.92 Å². The summed E-state index contributed by atoms with van der Waals surface area (Å²) >= 11 is 1.27. The summed E-state index contributed by atoms with van der Waals surface area (Å²) in [7, 11) is 2.59. The summed E-state index contributed by atoms with van der Waals surface area (Å²) in [5, 5.41) is 0. The fourth-order valence-electron chi connectivity index (χ4n) is 2.21. The van der Waals surface area contributed by atoms with Crippen molar-refractivity contribution in [3.63, 3.8) is 0 Å². The monoisotopic (exact) mass is 297 g/mol. The topological polar surface area (TPSA) is 72.9 Å². The van der Waals surface area contributed by atoms with Crippen LogP contribution in [0.4, 0.5) is 5.69 Å². The number of ether oxygens (including phenoxy) is 2. The average Bonchev–Trinajstić information content (AvgIpc) is 3.00. The summed E-state index contributed by atoms with van der Waals surface area (Å²) < 4.78 is 9.39. The maximum atomic E-state index is 12.0. The van der Waals surface area contributed by atoms with Crippen molar-refractivity contribution in [1.82, 2.24) is 0 Å². The lowest BCUT2D eigenvalue weighted by molar-refractivity contribution is -0.145. The molecular formula is C13H15NO5S. The molecule has 0 aromatic carbocycles. The number of methoxy groups -OCH3 is 2. The zero-order valence-corrected chi connectivity index (χ0v) is 12.3. The number of hydrogen-bond acceptors (Lipinski definition) is 6. The largest absolute Gasteiger partial charge is 0.469 e. The summed E-state index contributed by atoms with van der Waals surface area (Å²) in [6.45, 7) is 2.07. The van der Waals surface area contributed by atoms with Crippen LogP contribution in [-0.4, -0.2) is 38.6 Å². The maximum absolute atomic E-state index is 12.0. The third-order valence-electron chi connectivity index (χ3n) is 3.16.